The predicted octanol–water partition coefficient (Wildman–Crippen LogP) is -0.174. The molecule has 0 saturated carbocycles. The molecule has 2 heterocycles. The molecule has 2 amide bonds. The van der Waals surface area contributed by atoms with Crippen LogP contribution in [-0.2, 0) is 6.42 Å². The van der Waals surface area contributed by atoms with E-state index in [1.54, 1.807) is 0 Å². The highest BCUT2D eigenvalue weighted by atomic mass is 32.1. The molecule has 0 aromatic carbocycles. The minimum Gasteiger partial charge on any atom is -0.397 e. The first-order valence-electron chi connectivity index (χ1n) is 5.98. The smallest absolute Gasteiger partial charge is 0.260 e. The summed E-state index contributed by atoms with van der Waals surface area (Å²) < 4.78 is 4.86. The van der Waals surface area contributed by atoms with Crippen molar-refractivity contribution in [1.82, 2.24) is 15.5 Å². The van der Waals surface area contributed by atoms with Gasteiger partial charge in [0, 0.05) is 20.0 Å². The zero-order valence-electron chi connectivity index (χ0n) is 11.2. The van der Waals surface area contributed by atoms with Gasteiger partial charge in [-0.1, -0.05) is 5.16 Å². The number of nitrogen functional groups attached to an aromatic ring is 1. The molecule has 0 aliphatic rings. The van der Waals surface area contributed by atoms with Crippen LogP contribution >= 0.6 is 11.3 Å². The summed E-state index contributed by atoms with van der Waals surface area (Å²) in [5, 5.41) is 9.46. The molecule has 0 saturated heterocycles. The molecule has 0 atom stereocenters. The lowest BCUT2D eigenvalue weighted by Crippen LogP contribution is -2.21. The van der Waals surface area contributed by atoms with Crippen molar-refractivity contribution >= 4 is 33.8 Å². The van der Waals surface area contributed by atoms with Gasteiger partial charge in [0.25, 0.3) is 11.8 Å². The number of nitrogens with zero attached hydrogens (tertiary/aromatic N) is 2. The first-order chi connectivity index (χ1) is 10.0. The van der Waals surface area contributed by atoms with Crippen molar-refractivity contribution in [2.45, 2.75) is 6.42 Å². The summed E-state index contributed by atoms with van der Waals surface area (Å²) in [6.07, 6.45) is 1.77. The van der Waals surface area contributed by atoms with Crippen molar-refractivity contribution in [1.29, 1.82) is 0 Å². The fraction of sp³-hybridized carbons (Fsp3) is 0.273. The number of amides is 2. The Balaban J connectivity index is 2.18. The van der Waals surface area contributed by atoms with Crippen LogP contribution in [0.25, 0.3) is 0 Å². The molecule has 6 N–H and O–H groups in total. The highest BCUT2D eigenvalue weighted by Gasteiger charge is 2.23. The van der Waals surface area contributed by atoms with E-state index in [1.807, 2.05) is 0 Å². The second-order valence-corrected chi connectivity index (χ2v) is 5.02. The molecule has 21 heavy (non-hydrogen) atoms. The van der Waals surface area contributed by atoms with Crippen LogP contribution in [0.4, 0.5) is 10.7 Å². The fourth-order valence-corrected chi connectivity index (χ4v) is 2.69. The summed E-state index contributed by atoms with van der Waals surface area (Å²) in [7, 11) is 1.48. The number of carbonyl (C=O) groups excluding carboxylic acids is 2. The van der Waals surface area contributed by atoms with Crippen LogP contribution < -0.4 is 22.1 Å². The lowest BCUT2D eigenvalue weighted by atomic mass is 10.2. The number of aromatic nitrogens is 2. The zero-order chi connectivity index (χ0) is 15.4. The molecule has 0 radical (unpaired) electrons. The Labute approximate surface area is 123 Å². The maximum Gasteiger partial charge on any atom is 0.260 e. The van der Waals surface area contributed by atoms with Crippen LogP contribution in [0.5, 0.6) is 0 Å². The fourth-order valence-electron chi connectivity index (χ4n) is 1.69. The van der Waals surface area contributed by atoms with Gasteiger partial charge in [0.1, 0.15) is 9.88 Å². The van der Waals surface area contributed by atoms with Crippen LogP contribution in [-0.4, -0.2) is 35.5 Å². The molecule has 10 heteroatoms. The topological polar surface area (TPSA) is 149 Å². The molecule has 112 valence electrons. The van der Waals surface area contributed by atoms with E-state index >= 15 is 0 Å². The second kappa shape index (κ2) is 6.22. The van der Waals surface area contributed by atoms with Crippen molar-refractivity contribution in [3.63, 3.8) is 0 Å². The highest BCUT2D eigenvalue weighted by molar-refractivity contribution is 7.19. The van der Waals surface area contributed by atoms with Gasteiger partial charge in [0.2, 0.25) is 5.89 Å². The molecule has 0 unspecified atom stereocenters. The molecular formula is C11H14N6O3S. The average molecular weight is 310 g/mol. The normalized spacial score (nSPS) is 10.3. The SMILES string of the molecule is CNC(=O)c1c(NCCc2ncno2)sc(C(N)=O)c1N. The van der Waals surface area contributed by atoms with Crippen LogP contribution in [0.2, 0.25) is 0 Å². The molecule has 0 aliphatic heterocycles. The number of rotatable bonds is 6. The van der Waals surface area contributed by atoms with E-state index in [0.717, 1.165) is 11.3 Å². The minimum atomic E-state index is -0.674. The van der Waals surface area contributed by atoms with Gasteiger partial charge in [-0.25, -0.2) is 0 Å². The zero-order valence-corrected chi connectivity index (χ0v) is 12.0. The monoisotopic (exact) mass is 310 g/mol. The summed E-state index contributed by atoms with van der Waals surface area (Å²) in [5.74, 6) is -0.604. The highest BCUT2D eigenvalue weighted by Crippen LogP contribution is 2.35. The van der Waals surface area contributed by atoms with Crippen molar-refractivity contribution < 1.29 is 14.1 Å². The van der Waals surface area contributed by atoms with E-state index in [1.165, 1.54) is 13.4 Å². The number of nitrogens with two attached hydrogens (primary N) is 2. The summed E-state index contributed by atoms with van der Waals surface area (Å²) >= 11 is 1.04. The number of primary amides is 1. The Hall–Kier alpha value is -2.62. The van der Waals surface area contributed by atoms with Gasteiger partial charge in [0.05, 0.1) is 11.3 Å². The maximum atomic E-state index is 11.9. The third-order valence-corrected chi connectivity index (χ3v) is 3.83. The number of hydrogen-bond donors (Lipinski definition) is 4. The van der Waals surface area contributed by atoms with Crippen LogP contribution in [0, 0.1) is 0 Å². The van der Waals surface area contributed by atoms with E-state index < -0.39 is 11.8 Å². The average Bonchev–Trinajstić information content (AvgIpc) is 3.06. The Morgan fingerprint density at radius 1 is 1.48 bits per heavy atom. The molecule has 0 bridgehead atoms. The van der Waals surface area contributed by atoms with Crippen LogP contribution in [0.3, 0.4) is 0 Å². The number of thiophene rings is 1. The Morgan fingerprint density at radius 3 is 2.81 bits per heavy atom. The number of carbonyl (C=O) groups is 2. The van der Waals surface area contributed by atoms with Crippen molar-refractivity contribution in [3.8, 4) is 0 Å². The minimum absolute atomic E-state index is 0.0761. The maximum absolute atomic E-state index is 11.9. The van der Waals surface area contributed by atoms with E-state index in [2.05, 4.69) is 20.8 Å². The van der Waals surface area contributed by atoms with Crippen LogP contribution in [0.15, 0.2) is 10.9 Å². The molecule has 0 aliphatic carbocycles. The third-order valence-electron chi connectivity index (χ3n) is 2.65. The quantitative estimate of drug-likeness (QED) is 0.578. The lowest BCUT2D eigenvalue weighted by Gasteiger charge is -2.05. The van der Waals surface area contributed by atoms with Gasteiger partial charge >= 0.3 is 0 Å². The van der Waals surface area contributed by atoms with Crippen molar-refractivity contribution in [2.24, 2.45) is 5.73 Å². The van der Waals surface area contributed by atoms with Gasteiger partial charge < -0.3 is 26.6 Å². The summed E-state index contributed by atoms with van der Waals surface area (Å²) in [6.45, 7) is 0.435. The van der Waals surface area contributed by atoms with E-state index in [-0.39, 0.29) is 16.1 Å². The molecule has 2 aromatic rings. The second-order valence-electron chi connectivity index (χ2n) is 4.00. The summed E-state index contributed by atoms with van der Waals surface area (Å²) in [6, 6.07) is 0. The Bertz CT molecular complexity index is 651. The lowest BCUT2D eigenvalue weighted by molar-refractivity contribution is 0.0965. The molecule has 0 fully saturated rings. The van der Waals surface area contributed by atoms with Crippen molar-refractivity contribution in [2.75, 3.05) is 24.6 Å². The molecule has 2 aromatic heterocycles. The predicted molar refractivity (Wildman–Crippen MR) is 77.1 cm³/mol. The van der Waals surface area contributed by atoms with Gasteiger partial charge in [-0.05, 0) is 0 Å². The third kappa shape index (κ3) is 3.11. The molecule has 0 spiro atoms. The van der Waals surface area contributed by atoms with Crippen molar-refractivity contribution in [3.05, 3.63) is 22.7 Å². The summed E-state index contributed by atoms with van der Waals surface area (Å²) in [5.41, 5.74) is 11.3. The number of anilines is 2. The van der Waals surface area contributed by atoms with Gasteiger partial charge in [0.15, 0.2) is 6.33 Å². The molecular weight excluding hydrogens is 296 g/mol. The first kappa shape index (κ1) is 14.8. The van der Waals surface area contributed by atoms with Gasteiger partial charge in [-0.2, -0.15) is 4.98 Å². The number of nitrogens with one attached hydrogen (secondary N) is 2. The van der Waals surface area contributed by atoms with E-state index in [9.17, 15) is 9.59 Å². The number of hydrogen-bond acceptors (Lipinski definition) is 8. The summed E-state index contributed by atoms with van der Waals surface area (Å²) in [4.78, 5) is 27.2. The Kier molecular flexibility index (Phi) is 4.38. The molecule has 9 nitrogen and oxygen atoms in total. The molecule has 2 rings (SSSR count). The Morgan fingerprint density at radius 2 is 2.24 bits per heavy atom. The van der Waals surface area contributed by atoms with Gasteiger partial charge in [-0.3, -0.25) is 9.59 Å². The van der Waals surface area contributed by atoms with Crippen LogP contribution in [0.1, 0.15) is 25.9 Å². The first-order valence-corrected chi connectivity index (χ1v) is 6.79. The van der Waals surface area contributed by atoms with Gasteiger partial charge in [-0.15, -0.1) is 11.3 Å². The largest absolute Gasteiger partial charge is 0.397 e. The van der Waals surface area contributed by atoms with E-state index in [4.69, 9.17) is 16.0 Å². The van der Waals surface area contributed by atoms with E-state index in [0.29, 0.717) is 23.9 Å². The standard InChI is InChI=1S/C11H14N6O3S/c1-14-10(19)6-7(12)8(9(13)18)21-11(6)15-3-2-5-16-4-17-20-5/h4,15H,2-3,12H2,1H3,(H2,13,18)(H,14,19).